The number of halogens is 2. The molecule has 32 heavy (non-hydrogen) atoms. The van der Waals surface area contributed by atoms with Gasteiger partial charge in [0.15, 0.2) is 0 Å². The van der Waals surface area contributed by atoms with Crippen LogP contribution in [0, 0.1) is 11.3 Å². The molecule has 0 aliphatic heterocycles. The molecule has 0 aliphatic carbocycles. The molecule has 3 heterocycles. The second-order valence-corrected chi connectivity index (χ2v) is 7.49. The van der Waals surface area contributed by atoms with E-state index in [0.717, 1.165) is 0 Å². The molecule has 1 amide bonds. The van der Waals surface area contributed by atoms with Gasteiger partial charge in [0, 0.05) is 18.9 Å². The van der Waals surface area contributed by atoms with Crippen LogP contribution < -0.4 is 21.7 Å². The van der Waals surface area contributed by atoms with E-state index in [0.29, 0.717) is 28.2 Å². The number of nitrogens with zero attached hydrogens (tertiary/aromatic N) is 4. The van der Waals surface area contributed by atoms with Crippen LogP contribution >= 0.6 is 0 Å². The van der Waals surface area contributed by atoms with Crippen LogP contribution in [0.15, 0.2) is 36.7 Å². The molecule has 0 fully saturated rings. The van der Waals surface area contributed by atoms with Crippen molar-refractivity contribution >= 4 is 17.1 Å². The molecule has 0 atom stereocenters. The number of nitriles is 1. The normalized spacial score (nSPS) is 11.5. The number of alkyl halides is 2. The van der Waals surface area contributed by atoms with Gasteiger partial charge in [0.2, 0.25) is 0 Å². The molecule has 168 valence electrons. The van der Waals surface area contributed by atoms with Crippen LogP contribution in [0.1, 0.15) is 29.8 Å². The molecule has 0 aromatic carbocycles. The third-order valence-electron chi connectivity index (χ3n) is 4.52. The van der Waals surface area contributed by atoms with Crippen molar-refractivity contribution in [2.24, 2.45) is 5.73 Å². The van der Waals surface area contributed by atoms with Gasteiger partial charge in [0.1, 0.15) is 6.07 Å². The fourth-order valence-electron chi connectivity index (χ4n) is 3.08. The molecule has 0 unspecified atom stereocenters. The molecular weight excluding hydrogens is 418 g/mol. The average Bonchev–Trinajstić information content (AvgIpc) is 3.19. The number of fused-ring (bicyclic) bond motifs is 1. The van der Waals surface area contributed by atoms with E-state index in [1.54, 1.807) is 28.8 Å². The Kier molecular flexibility index (Phi) is 6.97. The summed E-state index contributed by atoms with van der Waals surface area (Å²) < 4.78 is 29.3. The zero-order chi connectivity index (χ0) is 23.3. The largest absolute Gasteiger partial charge is 0.382 e. The van der Waals surface area contributed by atoms with Gasteiger partial charge in [-0.05, 0) is 38.1 Å². The molecular formula is C21H24F2N8O. The number of aromatic nitrogens is 3. The SMILES string of the molecule is CC(C)Nc1cc(-c2ccc3cc(C#N)cnn23)ncc1C(=O)NCC(F)(F)CNCN. The Morgan fingerprint density at radius 2 is 2.06 bits per heavy atom. The lowest BCUT2D eigenvalue weighted by atomic mass is 10.1. The maximum atomic E-state index is 13.9. The van der Waals surface area contributed by atoms with Crippen LogP contribution in [0.2, 0.25) is 0 Å². The second-order valence-electron chi connectivity index (χ2n) is 7.49. The molecule has 0 saturated carbocycles. The summed E-state index contributed by atoms with van der Waals surface area (Å²) in [5.41, 5.74) is 8.11. The number of carbonyl (C=O) groups excluding carboxylic acids is 1. The summed E-state index contributed by atoms with van der Waals surface area (Å²) in [4.78, 5) is 17.0. The lowest BCUT2D eigenvalue weighted by molar-refractivity contribution is 0.00389. The van der Waals surface area contributed by atoms with Gasteiger partial charge in [0.05, 0.1) is 53.0 Å². The molecule has 11 heteroatoms. The van der Waals surface area contributed by atoms with Gasteiger partial charge >= 0.3 is 0 Å². The molecule has 0 saturated heterocycles. The number of hydrogen-bond acceptors (Lipinski definition) is 7. The highest BCUT2D eigenvalue weighted by atomic mass is 19.3. The van der Waals surface area contributed by atoms with E-state index >= 15 is 0 Å². The quantitative estimate of drug-likeness (QED) is 0.372. The van der Waals surface area contributed by atoms with Crippen molar-refractivity contribution in [2.75, 3.05) is 25.1 Å². The highest BCUT2D eigenvalue weighted by molar-refractivity contribution is 6.00. The molecule has 3 aromatic heterocycles. The predicted octanol–water partition coefficient (Wildman–Crippen LogP) is 1.96. The van der Waals surface area contributed by atoms with Gasteiger partial charge < -0.3 is 16.4 Å². The maximum Gasteiger partial charge on any atom is 0.277 e. The van der Waals surface area contributed by atoms with Gasteiger partial charge in [-0.3, -0.25) is 15.1 Å². The number of hydrogen-bond donors (Lipinski definition) is 4. The topological polar surface area (TPSA) is 133 Å². The Labute approximate surface area is 183 Å². The minimum Gasteiger partial charge on any atom is -0.382 e. The zero-order valence-corrected chi connectivity index (χ0v) is 17.7. The summed E-state index contributed by atoms with van der Waals surface area (Å²) in [7, 11) is 0. The van der Waals surface area contributed by atoms with Gasteiger partial charge in [-0.15, -0.1) is 0 Å². The summed E-state index contributed by atoms with van der Waals surface area (Å²) in [5, 5.41) is 21.1. The van der Waals surface area contributed by atoms with Gasteiger partial charge in [0.25, 0.3) is 11.8 Å². The van der Waals surface area contributed by atoms with E-state index in [-0.39, 0.29) is 18.3 Å². The third kappa shape index (κ3) is 5.35. The Bertz CT molecular complexity index is 1150. The number of pyridine rings is 1. The highest BCUT2D eigenvalue weighted by Crippen LogP contribution is 2.26. The van der Waals surface area contributed by atoms with Gasteiger partial charge in [-0.25, -0.2) is 13.3 Å². The molecule has 3 aromatic rings. The Morgan fingerprint density at radius 3 is 2.75 bits per heavy atom. The van der Waals surface area contributed by atoms with Crippen molar-refractivity contribution in [1.29, 1.82) is 5.26 Å². The number of amides is 1. The Morgan fingerprint density at radius 1 is 1.28 bits per heavy atom. The van der Waals surface area contributed by atoms with Crippen molar-refractivity contribution in [3.63, 3.8) is 0 Å². The first-order valence-corrected chi connectivity index (χ1v) is 9.96. The van der Waals surface area contributed by atoms with Crippen molar-refractivity contribution in [3.05, 3.63) is 47.8 Å². The lowest BCUT2D eigenvalue weighted by Gasteiger charge is -2.19. The van der Waals surface area contributed by atoms with Crippen LogP contribution in [0.4, 0.5) is 14.5 Å². The first-order chi connectivity index (χ1) is 15.2. The van der Waals surface area contributed by atoms with Crippen molar-refractivity contribution in [2.45, 2.75) is 25.8 Å². The van der Waals surface area contributed by atoms with Crippen LogP contribution in [-0.4, -0.2) is 52.2 Å². The van der Waals surface area contributed by atoms with Crippen LogP contribution in [-0.2, 0) is 0 Å². The predicted molar refractivity (Wildman–Crippen MR) is 116 cm³/mol. The molecule has 5 N–H and O–H groups in total. The summed E-state index contributed by atoms with van der Waals surface area (Å²) in [6.45, 7) is 2.23. The summed E-state index contributed by atoms with van der Waals surface area (Å²) in [5.74, 6) is -3.82. The standard InChI is InChI=1S/C21H24F2N8O/c1-13(2)30-17-6-18(19-4-3-15-5-14(7-24)8-29-31(15)19)27-9-16(17)20(32)28-11-21(22,23)10-26-12-25/h3-6,8-9,13,26H,10-12,25H2,1-2H3,(H,27,30)(H,28,32). The highest BCUT2D eigenvalue weighted by Gasteiger charge is 2.29. The van der Waals surface area contributed by atoms with Crippen molar-refractivity contribution < 1.29 is 13.6 Å². The van der Waals surface area contributed by atoms with Crippen LogP contribution in [0.5, 0.6) is 0 Å². The first kappa shape index (κ1) is 23.1. The number of carbonyl (C=O) groups is 1. The first-order valence-electron chi connectivity index (χ1n) is 9.96. The minimum absolute atomic E-state index is 0.0210. The van der Waals surface area contributed by atoms with E-state index in [4.69, 9.17) is 11.0 Å². The summed E-state index contributed by atoms with van der Waals surface area (Å²) >= 11 is 0. The number of anilines is 1. The average molecular weight is 442 g/mol. The van der Waals surface area contributed by atoms with E-state index in [1.807, 2.05) is 19.9 Å². The van der Waals surface area contributed by atoms with E-state index in [2.05, 4.69) is 26.0 Å². The Hall–Kier alpha value is -3.62. The monoisotopic (exact) mass is 442 g/mol. The Balaban J connectivity index is 1.89. The third-order valence-corrected chi connectivity index (χ3v) is 4.52. The van der Waals surface area contributed by atoms with Crippen molar-refractivity contribution in [1.82, 2.24) is 25.2 Å². The van der Waals surface area contributed by atoms with Crippen LogP contribution in [0.3, 0.4) is 0 Å². The van der Waals surface area contributed by atoms with E-state index < -0.39 is 24.9 Å². The van der Waals surface area contributed by atoms with Crippen LogP contribution in [0.25, 0.3) is 16.9 Å². The molecule has 0 aliphatic rings. The molecule has 0 radical (unpaired) electrons. The number of rotatable bonds is 9. The second kappa shape index (κ2) is 9.67. The van der Waals surface area contributed by atoms with Gasteiger partial charge in [-0.2, -0.15) is 10.4 Å². The smallest absolute Gasteiger partial charge is 0.277 e. The summed E-state index contributed by atoms with van der Waals surface area (Å²) in [6.07, 6.45) is 2.79. The fourth-order valence-corrected chi connectivity index (χ4v) is 3.08. The molecule has 9 nitrogen and oxygen atoms in total. The van der Waals surface area contributed by atoms with Gasteiger partial charge in [-0.1, -0.05) is 0 Å². The molecule has 0 bridgehead atoms. The zero-order valence-electron chi connectivity index (χ0n) is 17.7. The van der Waals surface area contributed by atoms with Crippen molar-refractivity contribution in [3.8, 4) is 17.5 Å². The van der Waals surface area contributed by atoms with E-state index in [1.165, 1.54) is 12.4 Å². The number of nitrogens with one attached hydrogen (secondary N) is 3. The molecule has 3 rings (SSSR count). The maximum absolute atomic E-state index is 13.9. The van der Waals surface area contributed by atoms with E-state index in [9.17, 15) is 13.6 Å². The fraction of sp³-hybridized carbons (Fsp3) is 0.333. The minimum atomic E-state index is -3.15. The lowest BCUT2D eigenvalue weighted by Crippen LogP contribution is -2.44. The summed E-state index contributed by atoms with van der Waals surface area (Å²) in [6, 6.07) is 9.00. The molecule has 0 spiro atoms. The number of nitrogens with two attached hydrogens (primary N) is 1.